The lowest BCUT2D eigenvalue weighted by Crippen LogP contribution is -2.34. The third-order valence-electron chi connectivity index (χ3n) is 0.610. The summed E-state index contributed by atoms with van der Waals surface area (Å²) in [5.41, 5.74) is 1.72. The zero-order valence-corrected chi connectivity index (χ0v) is 4.38. The first kappa shape index (κ1) is 6.90. The maximum Gasteiger partial charge on any atom is 0.282 e. The van der Waals surface area contributed by atoms with Crippen molar-refractivity contribution in [3.63, 3.8) is 0 Å². The minimum Gasteiger partial charge on any atom is -0.410 e. The molecule has 46 valence electrons. The highest BCUT2D eigenvalue weighted by atomic mass is 16.4. The Morgan fingerprint density at radius 3 is 2.50 bits per heavy atom. The lowest BCUT2D eigenvalue weighted by atomic mass is 10.4. The molecule has 4 N–H and O–H groups in total. The minimum absolute atomic E-state index is 0.0625. The third kappa shape index (κ3) is 1.57. The minimum atomic E-state index is -0.590. The zero-order chi connectivity index (χ0) is 6.57. The molecule has 0 saturated carbocycles. The molecule has 5 nitrogen and oxygen atoms in total. The molecule has 0 heterocycles. The van der Waals surface area contributed by atoms with Gasteiger partial charge in [0, 0.05) is 0 Å². The molecular weight excluding hydrogens is 110 g/mol. The van der Waals surface area contributed by atoms with Crippen LogP contribution in [0.4, 0.5) is 0 Å². The van der Waals surface area contributed by atoms with E-state index >= 15 is 0 Å². The molecule has 0 atom stereocenters. The van der Waals surface area contributed by atoms with Gasteiger partial charge < -0.3 is 5.21 Å². The van der Waals surface area contributed by atoms with Gasteiger partial charge in [0.1, 0.15) is 5.71 Å². The Bertz CT molecular complexity index is 120. The topological polar surface area (TPSA) is 87.7 Å². The number of oxime groups is 1. The third-order valence-corrected chi connectivity index (χ3v) is 0.610. The molecule has 8 heavy (non-hydrogen) atoms. The molecule has 0 saturated heterocycles. The Morgan fingerprint density at radius 2 is 2.38 bits per heavy atom. The highest BCUT2D eigenvalue weighted by Gasteiger charge is 2.00. The van der Waals surface area contributed by atoms with Crippen LogP contribution in [0.1, 0.15) is 6.92 Å². The van der Waals surface area contributed by atoms with E-state index in [1.54, 1.807) is 5.43 Å². The van der Waals surface area contributed by atoms with Gasteiger partial charge in [0.2, 0.25) is 0 Å². The SMILES string of the molecule is C/C(=N\O)C(=O)NN. The Hall–Kier alpha value is -1.10. The summed E-state index contributed by atoms with van der Waals surface area (Å²) < 4.78 is 0. The largest absolute Gasteiger partial charge is 0.410 e. The Morgan fingerprint density at radius 1 is 1.88 bits per heavy atom. The Kier molecular flexibility index (Phi) is 2.57. The van der Waals surface area contributed by atoms with Crippen molar-refractivity contribution in [1.29, 1.82) is 0 Å². The summed E-state index contributed by atoms with van der Waals surface area (Å²) >= 11 is 0. The fourth-order valence-electron chi connectivity index (χ4n) is 0.150. The fourth-order valence-corrected chi connectivity index (χ4v) is 0.150. The molecule has 0 aliphatic carbocycles. The number of nitrogens with zero attached hydrogens (tertiary/aromatic N) is 1. The van der Waals surface area contributed by atoms with Crippen LogP contribution in [0.25, 0.3) is 0 Å². The van der Waals surface area contributed by atoms with Gasteiger partial charge in [-0.3, -0.25) is 10.2 Å². The van der Waals surface area contributed by atoms with Gasteiger partial charge in [-0.1, -0.05) is 5.16 Å². The number of hydrazine groups is 1. The molecule has 0 radical (unpaired) electrons. The van der Waals surface area contributed by atoms with Crippen molar-refractivity contribution in [2.45, 2.75) is 6.92 Å². The van der Waals surface area contributed by atoms with E-state index in [4.69, 9.17) is 5.21 Å². The van der Waals surface area contributed by atoms with Crippen LogP contribution in [0.2, 0.25) is 0 Å². The highest BCUT2D eigenvalue weighted by molar-refractivity contribution is 6.37. The van der Waals surface area contributed by atoms with Gasteiger partial charge in [-0.05, 0) is 6.92 Å². The van der Waals surface area contributed by atoms with Gasteiger partial charge in [-0.2, -0.15) is 0 Å². The maximum atomic E-state index is 10.2. The van der Waals surface area contributed by atoms with Crippen molar-refractivity contribution >= 4 is 11.6 Å². The predicted octanol–water partition coefficient (Wildman–Crippen LogP) is -1.17. The molecule has 0 aliphatic rings. The molecule has 0 aliphatic heterocycles. The van der Waals surface area contributed by atoms with Crippen LogP contribution in [0.3, 0.4) is 0 Å². The number of carbonyl (C=O) groups is 1. The van der Waals surface area contributed by atoms with E-state index < -0.39 is 5.91 Å². The summed E-state index contributed by atoms with van der Waals surface area (Å²) in [6.07, 6.45) is 0. The van der Waals surface area contributed by atoms with Crippen molar-refractivity contribution in [2.75, 3.05) is 0 Å². The van der Waals surface area contributed by atoms with Crippen molar-refractivity contribution in [3.05, 3.63) is 0 Å². The number of nitrogens with two attached hydrogens (primary N) is 1. The van der Waals surface area contributed by atoms with Crippen molar-refractivity contribution < 1.29 is 10.0 Å². The quantitative estimate of drug-likeness (QED) is 0.133. The second kappa shape index (κ2) is 2.98. The first-order valence-corrected chi connectivity index (χ1v) is 1.92. The van der Waals surface area contributed by atoms with E-state index in [9.17, 15) is 4.79 Å². The molecule has 0 unspecified atom stereocenters. The number of carbonyl (C=O) groups excluding carboxylic acids is 1. The number of rotatable bonds is 1. The number of nitrogens with one attached hydrogen (secondary N) is 1. The van der Waals surface area contributed by atoms with Gasteiger partial charge in [-0.25, -0.2) is 5.84 Å². The molecule has 0 bridgehead atoms. The predicted molar refractivity (Wildman–Crippen MR) is 27.2 cm³/mol. The molecule has 0 aromatic rings. The second-order valence-electron chi connectivity index (χ2n) is 1.16. The van der Waals surface area contributed by atoms with Crippen LogP contribution in [-0.4, -0.2) is 16.8 Å². The molecular formula is C3H7N3O2. The van der Waals surface area contributed by atoms with Crippen LogP contribution < -0.4 is 11.3 Å². The van der Waals surface area contributed by atoms with E-state index in [1.807, 2.05) is 0 Å². The lowest BCUT2D eigenvalue weighted by molar-refractivity contribution is -0.115. The summed E-state index contributed by atoms with van der Waals surface area (Å²) in [6.45, 7) is 1.34. The van der Waals surface area contributed by atoms with E-state index in [0.717, 1.165) is 0 Å². The molecule has 0 fully saturated rings. The maximum absolute atomic E-state index is 10.2. The van der Waals surface area contributed by atoms with Crippen LogP contribution in [-0.2, 0) is 4.79 Å². The molecule has 0 aromatic heterocycles. The van der Waals surface area contributed by atoms with Gasteiger partial charge in [0.25, 0.3) is 5.91 Å². The van der Waals surface area contributed by atoms with E-state index in [0.29, 0.717) is 0 Å². The van der Waals surface area contributed by atoms with Crippen LogP contribution >= 0.6 is 0 Å². The fraction of sp³-hybridized carbons (Fsp3) is 0.333. The monoisotopic (exact) mass is 117 g/mol. The molecule has 0 aromatic carbocycles. The molecule has 0 spiro atoms. The average Bonchev–Trinajstić information content (AvgIpc) is 1.84. The Labute approximate surface area is 46.1 Å². The summed E-state index contributed by atoms with van der Waals surface area (Å²) in [7, 11) is 0. The average molecular weight is 117 g/mol. The first-order valence-electron chi connectivity index (χ1n) is 1.92. The van der Waals surface area contributed by atoms with E-state index in [-0.39, 0.29) is 5.71 Å². The van der Waals surface area contributed by atoms with E-state index in [1.165, 1.54) is 6.92 Å². The zero-order valence-electron chi connectivity index (χ0n) is 4.38. The number of amides is 1. The van der Waals surface area contributed by atoms with Crippen LogP contribution in [0, 0.1) is 0 Å². The second-order valence-corrected chi connectivity index (χ2v) is 1.16. The normalized spacial score (nSPS) is 11.0. The van der Waals surface area contributed by atoms with Gasteiger partial charge in [0.15, 0.2) is 0 Å². The molecule has 1 amide bonds. The molecule has 0 rings (SSSR count). The summed E-state index contributed by atoms with van der Waals surface area (Å²) in [6, 6.07) is 0. The van der Waals surface area contributed by atoms with Gasteiger partial charge >= 0.3 is 0 Å². The van der Waals surface area contributed by atoms with Crippen molar-refractivity contribution in [3.8, 4) is 0 Å². The Balaban J connectivity index is 3.83. The highest BCUT2D eigenvalue weighted by Crippen LogP contribution is 1.70. The molecule has 5 heteroatoms. The summed E-state index contributed by atoms with van der Waals surface area (Å²) in [4.78, 5) is 10.2. The summed E-state index contributed by atoms with van der Waals surface area (Å²) in [5, 5.41) is 10.5. The summed E-state index contributed by atoms with van der Waals surface area (Å²) in [5.74, 6) is 4.07. The van der Waals surface area contributed by atoms with Crippen LogP contribution in [0.15, 0.2) is 5.16 Å². The number of hydrogen-bond acceptors (Lipinski definition) is 4. The van der Waals surface area contributed by atoms with E-state index in [2.05, 4.69) is 11.0 Å². The smallest absolute Gasteiger partial charge is 0.282 e. The first-order chi connectivity index (χ1) is 3.72. The standard InChI is InChI=1S/C3H7N3O2/c1-2(6-8)3(7)5-4/h8H,4H2,1H3,(H,5,7)/b6-2+. The lowest BCUT2D eigenvalue weighted by Gasteiger charge is -1.91. The van der Waals surface area contributed by atoms with Crippen LogP contribution in [0.5, 0.6) is 0 Å². The van der Waals surface area contributed by atoms with Gasteiger partial charge in [-0.15, -0.1) is 0 Å². The van der Waals surface area contributed by atoms with Gasteiger partial charge in [0.05, 0.1) is 0 Å². The van der Waals surface area contributed by atoms with Crippen molar-refractivity contribution in [1.82, 2.24) is 5.43 Å². The van der Waals surface area contributed by atoms with Crippen molar-refractivity contribution in [2.24, 2.45) is 11.0 Å². The number of hydrogen-bond donors (Lipinski definition) is 3.